The molecule has 0 unspecified atom stereocenters. The van der Waals surface area contributed by atoms with Crippen molar-refractivity contribution in [3.05, 3.63) is 339 Å². The van der Waals surface area contributed by atoms with E-state index in [2.05, 4.69) is 282 Å². The van der Waals surface area contributed by atoms with Gasteiger partial charge in [0.2, 0.25) is 0 Å². The molecule has 6 nitrogen and oxygen atoms in total. The van der Waals surface area contributed by atoms with Gasteiger partial charge in [0.15, 0.2) is 0 Å². The molecule has 0 saturated carbocycles. The average molecular weight is 1310 g/mol. The van der Waals surface area contributed by atoms with Gasteiger partial charge in [-0.1, -0.05) is 184 Å². The molecule has 2 aromatic heterocycles. The molecule has 0 saturated heterocycles. The fourth-order valence-corrected chi connectivity index (χ4v) is 21.7. The number of halogens is 2. The van der Waals surface area contributed by atoms with E-state index in [1.807, 2.05) is 66.7 Å². The van der Waals surface area contributed by atoms with Crippen LogP contribution in [0.2, 0.25) is 26.2 Å². The smallest absolute Gasteiger partial charge is 0.135 e. The minimum Gasteiger partial charge on any atom is -0.456 e. The molecular formula is C88H66F2N4O2Si2. The summed E-state index contributed by atoms with van der Waals surface area (Å²) in [5, 5.41) is 12.6. The van der Waals surface area contributed by atoms with Gasteiger partial charge in [0.1, 0.15) is 50.5 Å². The van der Waals surface area contributed by atoms with Gasteiger partial charge < -0.3 is 28.4 Å². The quantitative estimate of drug-likeness (QED) is 0.114. The summed E-state index contributed by atoms with van der Waals surface area (Å²) in [4.78, 5) is 9.07. The zero-order valence-electron chi connectivity index (χ0n) is 54.5. The highest BCUT2D eigenvalue weighted by Gasteiger charge is 2.44. The molecule has 0 amide bonds. The highest BCUT2D eigenvalue weighted by molar-refractivity contribution is 7.05. The van der Waals surface area contributed by atoms with Crippen LogP contribution in [-0.4, -0.2) is 16.1 Å². The highest BCUT2D eigenvalue weighted by Crippen LogP contribution is 2.47. The van der Waals surface area contributed by atoms with Gasteiger partial charge in [0, 0.05) is 89.5 Å². The minimum atomic E-state index is -2.17. The maximum atomic E-state index is 13.9. The van der Waals surface area contributed by atoms with E-state index in [1.165, 1.54) is 77.5 Å². The molecule has 0 radical (unpaired) electrons. The first-order valence-corrected chi connectivity index (χ1v) is 39.3. The molecule has 16 aromatic rings. The Morgan fingerprint density at radius 2 is 0.551 bits per heavy atom. The zero-order chi connectivity index (χ0) is 66.2. The van der Waals surface area contributed by atoms with Crippen molar-refractivity contribution in [2.45, 2.75) is 26.2 Å². The molecule has 0 atom stereocenters. The second-order valence-corrected chi connectivity index (χ2v) is 34.9. The molecule has 0 bridgehead atoms. The van der Waals surface area contributed by atoms with Crippen LogP contribution in [-0.2, 0) is 0 Å². The van der Waals surface area contributed by atoms with Crippen LogP contribution in [0.15, 0.2) is 336 Å². The maximum Gasteiger partial charge on any atom is 0.135 e. The summed E-state index contributed by atoms with van der Waals surface area (Å²) in [7, 11) is -4.32. The number of nitrogens with zero attached hydrogens (tertiary/aromatic N) is 4. The number of fused-ring (bicyclic) bond motifs is 12. The third-order valence-electron chi connectivity index (χ3n) is 19.7. The molecule has 0 fully saturated rings. The van der Waals surface area contributed by atoms with E-state index in [0.717, 1.165) is 102 Å². The molecule has 10 heteroatoms. The van der Waals surface area contributed by atoms with E-state index >= 15 is 0 Å². The van der Waals surface area contributed by atoms with Gasteiger partial charge >= 0.3 is 0 Å². The molecule has 4 heterocycles. The second kappa shape index (κ2) is 24.1. The predicted octanol–water partition coefficient (Wildman–Crippen LogP) is 22.9. The molecule has 472 valence electrons. The third kappa shape index (κ3) is 10.3. The lowest BCUT2D eigenvalue weighted by atomic mass is 10.1. The number of hydrogen-bond donors (Lipinski definition) is 0. The molecular weight excluding hydrogens is 1240 g/mol. The zero-order valence-corrected chi connectivity index (χ0v) is 56.5. The maximum absolute atomic E-state index is 13.9. The Bertz CT molecular complexity index is 5680. The topological polar surface area (TPSA) is 39.2 Å². The van der Waals surface area contributed by atoms with Gasteiger partial charge in [-0.05, 0) is 201 Å². The molecule has 0 N–H and O–H groups in total. The number of furan rings is 2. The van der Waals surface area contributed by atoms with Crippen molar-refractivity contribution in [2.75, 3.05) is 19.6 Å². The van der Waals surface area contributed by atoms with Crippen molar-refractivity contribution in [3.63, 3.8) is 0 Å². The Hall–Kier alpha value is -11.8. The fourth-order valence-electron chi connectivity index (χ4n) is 15.2. The van der Waals surface area contributed by atoms with Crippen LogP contribution in [0, 0.1) is 11.6 Å². The highest BCUT2D eigenvalue weighted by atomic mass is 28.3. The Labute approximate surface area is 570 Å². The summed E-state index contributed by atoms with van der Waals surface area (Å²) in [5.41, 5.74) is 16.5. The Morgan fingerprint density at radius 3 is 0.949 bits per heavy atom. The minimum absolute atomic E-state index is 0.269. The van der Waals surface area contributed by atoms with E-state index in [4.69, 9.17) is 8.83 Å². The van der Waals surface area contributed by atoms with Gasteiger partial charge in [0.25, 0.3) is 0 Å². The van der Waals surface area contributed by atoms with Crippen LogP contribution >= 0.6 is 0 Å². The third-order valence-corrected chi connectivity index (χ3v) is 26.8. The molecule has 14 aromatic carbocycles. The number of benzene rings is 14. The first-order valence-electron chi connectivity index (χ1n) is 33.3. The number of hydrogen-bond acceptors (Lipinski definition) is 6. The average Bonchev–Trinajstić information content (AvgIpc) is 1.55. The number of rotatable bonds is 12. The lowest BCUT2D eigenvalue weighted by Gasteiger charge is -2.28. The van der Waals surface area contributed by atoms with Gasteiger partial charge in [-0.25, -0.2) is 8.78 Å². The monoisotopic (exact) mass is 1300 g/mol. The predicted molar refractivity (Wildman–Crippen MR) is 410 cm³/mol. The van der Waals surface area contributed by atoms with E-state index in [0.29, 0.717) is 0 Å². The van der Waals surface area contributed by atoms with Crippen molar-refractivity contribution >= 4 is 149 Å². The van der Waals surface area contributed by atoms with Crippen molar-refractivity contribution in [2.24, 2.45) is 0 Å². The lowest BCUT2D eigenvalue weighted by Crippen LogP contribution is -2.49. The number of anilines is 12. The van der Waals surface area contributed by atoms with Crippen molar-refractivity contribution in [1.29, 1.82) is 0 Å². The molecule has 18 rings (SSSR count). The van der Waals surface area contributed by atoms with Gasteiger partial charge in [0.05, 0.1) is 11.4 Å². The summed E-state index contributed by atoms with van der Waals surface area (Å²) in [6, 6.07) is 112. The Balaban J connectivity index is 0.000000149. The molecule has 0 aliphatic carbocycles. The van der Waals surface area contributed by atoms with E-state index in [1.54, 1.807) is 0 Å². The van der Waals surface area contributed by atoms with E-state index in [-0.39, 0.29) is 11.6 Å². The summed E-state index contributed by atoms with van der Waals surface area (Å²) in [5.74, 6) is 1.40. The molecule has 2 aliphatic rings. The van der Waals surface area contributed by atoms with Crippen LogP contribution in [0.5, 0.6) is 0 Å². The number of para-hydroxylation sites is 4. The standard InChI is InChI=1S/C48H36N2OSi.C40H30F2N2OSi/c1-52(2)46-30-28-38(50(36-21-7-4-8-22-36)44-26-14-18-34-16-10-12-24-40(34)44)32-42(46)47-48(52)41-31-37(27-29-45(41)51-47)49(35-19-5-3-6-20-35)43-25-13-17-33-15-9-11-23-39(33)43;1-46(2)38-24-22-34(44(30-11-7-4-8-12-30)32-19-15-28(42)16-20-32)26-36(38)39-40(46)35-25-33(21-23-37(35)45-39)43(29-9-5-3-6-10-29)31-17-13-27(41)14-18-31/h3-32H,1-2H3;3-26H,1-2H3. The van der Waals surface area contributed by atoms with Crippen LogP contribution in [0.4, 0.5) is 77.0 Å². The van der Waals surface area contributed by atoms with Crippen molar-refractivity contribution in [3.8, 4) is 22.6 Å². The molecule has 98 heavy (non-hydrogen) atoms. The van der Waals surface area contributed by atoms with Crippen molar-refractivity contribution in [1.82, 2.24) is 0 Å². The summed E-state index contributed by atoms with van der Waals surface area (Å²) in [6.07, 6.45) is 0. The van der Waals surface area contributed by atoms with E-state index < -0.39 is 16.1 Å². The molecule has 2 aliphatic heterocycles. The van der Waals surface area contributed by atoms with E-state index in [9.17, 15) is 8.78 Å². The lowest BCUT2D eigenvalue weighted by molar-refractivity contribution is 0.627. The SMILES string of the molecule is C[Si]1(C)c2ccc(N(c3ccccc3)c3ccc(F)cc3)cc2-c2oc3ccc(N(c4ccccc4)c4ccc(F)cc4)cc3c21.C[Si]1(C)c2ccc(N(c3ccccc3)c3cccc4ccccc34)cc2-c2oc3ccc(N(c4ccccc4)c4cccc5ccccc45)cc3c21. The normalized spacial score (nSPS) is 13.0. The fraction of sp³-hybridized carbons (Fsp3) is 0.0455. The summed E-state index contributed by atoms with van der Waals surface area (Å²) < 4.78 is 41.5. The summed E-state index contributed by atoms with van der Waals surface area (Å²) >= 11 is 0. The van der Waals surface area contributed by atoms with Crippen molar-refractivity contribution < 1.29 is 17.6 Å². The van der Waals surface area contributed by atoms with Crippen LogP contribution in [0.3, 0.4) is 0 Å². The Kier molecular flexibility index (Phi) is 14.7. The Morgan fingerprint density at radius 1 is 0.255 bits per heavy atom. The van der Waals surface area contributed by atoms with Crippen LogP contribution in [0.25, 0.3) is 66.1 Å². The molecule has 0 spiro atoms. The second-order valence-electron chi connectivity index (χ2n) is 26.3. The van der Waals surface area contributed by atoms with Crippen LogP contribution < -0.4 is 40.3 Å². The largest absolute Gasteiger partial charge is 0.456 e. The van der Waals surface area contributed by atoms with Gasteiger partial charge in [-0.15, -0.1) is 0 Å². The van der Waals surface area contributed by atoms with Gasteiger partial charge in [-0.2, -0.15) is 0 Å². The first-order chi connectivity index (χ1) is 47.9. The summed E-state index contributed by atoms with van der Waals surface area (Å²) in [6.45, 7) is 9.70. The van der Waals surface area contributed by atoms with Crippen LogP contribution in [0.1, 0.15) is 0 Å². The van der Waals surface area contributed by atoms with Gasteiger partial charge in [-0.3, -0.25) is 0 Å². The first kappa shape index (κ1) is 59.9.